The molecule has 4 nitrogen and oxygen atoms in total. The fourth-order valence-electron chi connectivity index (χ4n) is 2.09. The molecule has 0 saturated carbocycles. The number of ether oxygens (including phenoxy) is 1. The van der Waals surface area contributed by atoms with Gasteiger partial charge in [-0.2, -0.15) is 5.26 Å². The third-order valence-electron chi connectivity index (χ3n) is 3.13. The van der Waals surface area contributed by atoms with Crippen LogP contribution in [0.3, 0.4) is 0 Å². The quantitative estimate of drug-likeness (QED) is 0.921. The molecule has 1 N–H and O–H groups in total. The zero-order valence-electron chi connectivity index (χ0n) is 11.8. The summed E-state index contributed by atoms with van der Waals surface area (Å²) in [6.45, 7) is 4.06. The summed E-state index contributed by atoms with van der Waals surface area (Å²) >= 11 is 0. The predicted octanol–water partition coefficient (Wildman–Crippen LogP) is 3.44. The fraction of sp³-hybridized carbons (Fsp3) is 0.250. The average molecular weight is 267 g/mol. The molecule has 0 bridgehead atoms. The average Bonchev–Trinajstić information content (AvgIpc) is 2.47. The number of methoxy groups -OCH3 is 1. The molecule has 1 unspecified atom stereocenters. The first-order chi connectivity index (χ1) is 9.65. The molecule has 1 aromatic carbocycles. The number of benzene rings is 1. The Balaban J connectivity index is 2.31. The summed E-state index contributed by atoms with van der Waals surface area (Å²) in [6, 6.07) is 11.7. The highest BCUT2D eigenvalue weighted by Crippen LogP contribution is 2.28. The van der Waals surface area contributed by atoms with E-state index in [1.165, 1.54) is 0 Å². The maximum absolute atomic E-state index is 9.09. The number of hydrogen-bond donors (Lipinski definition) is 1. The fourth-order valence-corrected chi connectivity index (χ4v) is 2.09. The first kappa shape index (κ1) is 13.9. The minimum absolute atomic E-state index is 0.00755. The molecule has 20 heavy (non-hydrogen) atoms. The number of hydrogen-bond acceptors (Lipinski definition) is 4. The number of nitrogens with one attached hydrogen (secondary N) is 1. The van der Waals surface area contributed by atoms with Gasteiger partial charge >= 0.3 is 0 Å². The number of anilines is 1. The molecule has 1 aromatic heterocycles. The Kier molecular flexibility index (Phi) is 4.21. The van der Waals surface area contributed by atoms with Crippen LogP contribution in [0.15, 0.2) is 36.5 Å². The minimum atomic E-state index is -0.00755. The zero-order chi connectivity index (χ0) is 14.5. The van der Waals surface area contributed by atoms with E-state index in [0.717, 1.165) is 16.9 Å². The number of nitrogens with zero attached hydrogens (tertiary/aromatic N) is 2. The third-order valence-corrected chi connectivity index (χ3v) is 3.13. The van der Waals surface area contributed by atoms with Crippen LogP contribution in [0.5, 0.6) is 5.75 Å². The van der Waals surface area contributed by atoms with Gasteiger partial charge in [-0.25, -0.2) is 4.98 Å². The van der Waals surface area contributed by atoms with Crippen LogP contribution in [0.25, 0.3) is 0 Å². The molecule has 1 atom stereocenters. The van der Waals surface area contributed by atoms with Crippen LogP contribution < -0.4 is 10.1 Å². The molecule has 1 heterocycles. The van der Waals surface area contributed by atoms with Gasteiger partial charge in [0.05, 0.1) is 18.7 Å². The molecule has 102 valence electrons. The normalized spacial score (nSPS) is 11.5. The molecule has 2 aromatic rings. The highest BCUT2D eigenvalue weighted by atomic mass is 16.5. The second kappa shape index (κ2) is 6.07. The van der Waals surface area contributed by atoms with Gasteiger partial charge in [-0.15, -0.1) is 0 Å². The van der Waals surface area contributed by atoms with E-state index in [2.05, 4.69) is 22.4 Å². The molecular weight excluding hydrogens is 250 g/mol. The first-order valence-electron chi connectivity index (χ1n) is 6.42. The zero-order valence-corrected chi connectivity index (χ0v) is 11.8. The SMILES string of the molecule is COc1ccc(C)cc1C(C)Nc1ncccc1C#N. The summed E-state index contributed by atoms with van der Waals surface area (Å²) in [4.78, 5) is 4.22. The minimum Gasteiger partial charge on any atom is -0.496 e. The van der Waals surface area contributed by atoms with Crippen molar-refractivity contribution in [2.24, 2.45) is 0 Å². The number of pyridine rings is 1. The van der Waals surface area contributed by atoms with Gasteiger partial charge in [-0.1, -0.05) is 17.7 Å². The lowest BCUT2D eigenvalue weighted by molar-refractivity contribution is 0.408. The van der Waals surface area contributed by atoms with Crippen molar-refractivity contribution in [1.82, 2.24) is 4.98 Å². The van der Waals surface area contributed by atoms with Crippen molar-refractivity contribution in [2.75, 3.05) is 12.4 Å². The number of aromatic nitrogens is 1. The van der Waals surface area contributed by atoms with Crippen LogP contribution in [0, 0.1) is 18.3 Å². The van der Waals surface area contributed by atoms with Crippen LogP contribution in [0.1, 0.15) is 29.7 Å². The summed E-state index contributed by atoms with van der Waals surface area (Å²) in [5, 5.41) is 12.4. The second-order valence-electron chi connectivity index (χ2n) is 4.62. The molecule has 4 heteroatoms. The highest BCUT2D eigenvalue weighted by Gasteiger charge is 2.13. The van der Waals surface area contributed by atoms with Gasteiger partial charge in [-0.05, 0) is 32.0 Å². The van der Waals surface area contributed by atoms with E-state index in [1.807, 2.05) is 26.0 Å². The van der Waals surface area contributed by atoms with Gasteiger partial charge in [0, 0.05) is 11.8 Å². The van der Waals surface area contributed by atoms with Gasteiger partial charge in [-0.3, -0.25) is 0 Å². The lowest BCUT2D eigenvalue weighted by Crippen LogP contribution is -2.10. The third kappa shape index (κ3) is 2.89. The van der Waals surface area contributed by atoms with E-state index in [-0.39, 0.29) is 6.04 Å². The van der Waals surface area contributed by atoms with Crippen molar-refractivity contribution in [1.29, 1.82) is 5.26 Å². The first-order valence-corrected chi connectivity index (χ1v) is 6.42. The number of nitriles is 1. The van der Waals surface area contributed by atoms with Gasteiger partial charge in [0.25, 0.3) is 0 Å². The van der Waals surface area contributed by atoms with E-state index < -0.39 is 0 Å². The molecule has 0 aliphatic heterocycles. The van der Waals surface area contributed by atoms with E-state index >= 15 is 0 Å². The van der Waals surface area contributed by atoms with Crippen molar-refractivity contribution in [3.8, 4) is 11.8 Å². The summed E-state index contributed by atoms with van der Waals surface area (Å²) in [5.74, 6) is 1.41. The smallest absolute Gasteiger partial charge is 0.144 e. The molecule has 0 radical (unpaired) electrons. The van der Waals surface area contributed by atoms with E-state index in [4.69, 9.17) is 10.00 Å². The van der Waals surface area contributed by atoms with Crippen molar-refractivity contribution in [3.05, 3.63) is 53.2 Å². The van der Waals surface area contributed by atoms with Crippen molar-refractivity contribution in [2.45, 2.75) is 19.9 Å². The summed E-state index contributed by atoms with van der Waals surface area (Å²) in [7, 11) is 1.66. The Morgan fingerprint density at radius 1 is 1.35 bits per heavy atom. The van der Waals surface area contributed by atoms with Crippen LogP contribution in [0.2, 0.25) is 0 Å². The lowest BCUT2D eigenvalue weighted by atomic mass is 10.0. The molecule has 0 aliphatic carbocycles. The maximum atomic E-state index is 9.09. The number of aryl methyl sites for hydroxylation is 1. The Morgan fingerprint density at radius 2 is 2.15 bits per heavy atom. The Bertz CT molecular complexity index is 646. The van der Waals surface area contributed by atoms with Crippen LogP contribution in [-0.4, -0.2) is 12.1 Å². The van der Waals surface area contributed by atoms with Crippen LogP contribution in [-0.2, 0) is 0 Å². The van der Waals surface area contributed by atoms with Crippen LogP contribution >= 0.6 is 0 Å². The molecule has 0 amide bonds. The predicted molar refractivity (Wildman–Crippen MR) is 78.7 cm³/mol. The molecule has 0 fully saturated rings. The highest BCUT2D eigenvalue weighted by molar-refractivity contribution is 5.53. The summed E-state index contributed by atoms with van der Waals surface area (Å²) in [6.07, 6.45) is 1.67. The molecule has 0 spiro atoms. The molecule has 2 rings (SSSR count). The van der Waals surface area contributed by atoms with E-state index in [9.17, 15) is 0 Å². The van der Waals surface area contributed by atoms with E-state index in [1.54, 1.807) is 25.4 Å². The van der Waals surface area contributed by atoms with Gasteiger partial charge in [0.1, 0.15) is 17.6 Å². The van der Waals surface area contributed by atoms with Crippen molar-refractivity contribution in [3.63, 3.8) is 0 Å². The molecule has 0 saturated heterocycles. The van der Waals surface area contributed by atoms with Gasteiger partial charge in [0.2, 0.25) is 0 Å². The Labute approximate surface area is 119 Å². The Morgan fingerprint density at radius 3 is 2.85 bits per heavy atom. The van der Waals surface area contributed by atoms with E-state index in [0.29, 0.717) is 11.4 Å². The number of rotatable bonds is 4. The van der Waals surface area contributed by atoms with Crippen molar-refractivity contribution < 1.29 is 4.74 Å². The summed E-state index contributed by atoms with van der Waals surface area (Å²) in [5.41, 5.74) is 2.74. The van der Waals surface area contributed by atoms with Crippen molar-refractivity contribution >= 4 is 5.82 Å². The topological polar surface area (TPSA) is 57.9 Å². The lowest BCUT2D eigenvalue weighted by Gasteiger charge is -2.19. The summed E-state index contributed by atoms with van der Waals surface area (Å²) < 4.78 is 5.39. The molecule has 0 aliphatic rings. The monoisotopic (exact) mass is 267 g/mol. The standard InChI is InChI=1S/C16H17N3O/c1-11-6-7-15(20-3)14(9-11)12(2)19-16-13(10-17)5-4-8-18-16/h4-9,12H,1-3H3,(H,18,19). The van der Waals surface area contributed by atoms with Gasteiger partial charge in [0.15, 0.2) is 0 Å². The van der Waals surface area contributed by atoms with Gasteiger partial charge < -0.3 is 10.1 Å². The second-order valence-corrected chi connectivity index (χ2v) is 4.62. The maximum Gasteiger partial charge on any atom is 0.144 e. The van der Waals surface area contributed by atoms with Crippen LogP contribution in [0.4, 0.5) is 5.82 Å². The Hall–Kier alpha value is -2.54. The molecular formula is C16H17N3O. The largest absolute Gasteiger partial charge is 0.496 e.